The second-order valence-corrected chi connectivity index (χ2v) is 11.2. The summed E-state index contributed by atoms with van der Waals surface area (Å²) < 4.78 is 32.9. The summed E-state index contributed by atoms with van der Waals surface area (Å²) in [5, 5.41) is 6.03. The molecule has 4 heterocycles. The lowest BCUT2D eigenvalue weighted by molar-refractivity contribution is -0.126. The van der Waals surface area contributed by atoms with E-state index in [1.54, 1.807) is 11.0 Å². The van der Waals surface area contributed by atoms with Crippen LogP contribution in [-0.2, 0) is 9.59 Å². The Labute approximate surface area is 252 Å². The number of hydrogen-bond donors (Lipinski definition) is 2. The number of hydrogen-bond acceptors (Lipinski definition) is 7. The van der Waals surface area contributed by atoms with Gasteiger partial charge >= 0.3 is 5.69 Å². The summed E-state index contributed by atoms with van der Waals surface area (Å²) in [4.78, 5) is 52.0. The number of rotatable bonds is 3. The Bertz CT molecular complexity index is 1910. The molecule has 12 heteroatoms. The van der Waals surface area contributed by atoms with Crippen molar-refractivity contribution in [2.24, 2.45) is 0 Å². The Morgan fingerprint density at radius 3 is 2.55 bits per heavy atom. The number of aromatic nitrogens is 3. The highest BCUT2D eigenvalue weighted by Gasteiger charge is 2.31. The molecule has 4 aromatic rings. The Kier molecular flexibility index (Phi) is 7.36. The van der Waals surface area contributed by atoms with Crippen LogP contribution in [0.5, 0.6) is 0 Å². The number of piperazine rings is 1. The topological polar surface area (TPSA) is 112 Å². The van der Waals surface area contributed by atoms with E-state index >= 15 is 8.78 Å². The quantitative estimate of drug-likeness (QED) is 0.335. The molecule has 1 saturated heterocycles. The van der Waals surface area contributed by atoms with Crippen molar-refractivity contribution in [1.82, 2.24) is 19.4 Å². The van der Waals surface area contributed by atoms with Gasteiger partial charge in [0.25, 0.3) is 0 Å². The molecule has 0 unspecified atom stereocenters. The number of carbonyl (C=O) groups is 2. The molecule has 2 N–H and O–H groups in total. The highest BCUT2D eigenvalue weighted by molar-refractivity contribution is 5.99. The van der Waals surface area contributed by atoms with E-state index < -0.39 is 23.2 Å². The van der Waals surface area contributed by atoms with Gasteiger partial charge in [-0.1, -0.05) is 38.6 Å². The Hall–Kier alpha value is -5.13. The molecule has 0 spiro atoms. The highest BCUT2D eigenvalue weighted by Crippen LogP contribution is 2.38. The molecule has 1 atom stereocenters. The lowest BCUT2D eigenvalue weighted by Crippen LogP contribution is -2.54. The van der Waals surface area contributed by atoms with Gasteiger partial charge in [0.15, 0.2) is 11.5 Å². The van der Waals surface area contributed by atoms with Gasteiger partial charge in [-0.05, 0) is 48.7 Å². The van der Waals surface area contributed by atoms with E-state index in [-0.39, 0.29) is 58.2 Å². The predicted molar refractivity (Wildman–Crippen MR) is 165 cm³/mol. The van der Waals surface area contributed by atoms with E-state index in [9.17, 15) is 14.4 Å². The lowest BCUT2D eigenvalue weighted by atomic mass is 9.99. The summed E-state index contributed by atoms with van der Waals surface area (Å²) in [7, 11) is 0. The van der Waals surface area contributed by atoms with Gasteiger partial charge in [0.1, 0.15) is 17.3 Å². The minimum absolute atomic E-state index is 0.0408. The molecule has 2 aliphatic heterocycles. The number of nitrogens with one attached hydrogen (secondary N) is 2. The van der Waals surface area contributed by atoms with Crippen LogP contribution in [0.2, 0.25) is 0 Å². The molecule has 2 amide bonds. The van der Waals surface area contributed by atoms with Gasteiger partial charge in [0, 0.05) is 25.7 Å². The molecular formula is C32H31F2N7O3. The van der Waals surface area contributed by atoms with Crippen molar-refractivity contribution in [2.75, 3.05) is 41.7 Å². The minimum atomic E-state index is -0.855. The van der Waals surface area contributed by atoms with E-state index in [0.29, 0.717) is 31.0 Å². The molecule has 2 aromatic heterocycles. The largest absolute Gasteiger partial charge is 0.374 e. The SMILES string of the molecule is C=CC(=O)N1CCN(c2nc(=O)n3c4nc(c(F)cc24)-c2c(F)cccc2NC(=O)CNc2cccc(C(C)C)c2-3)[C@@H](C)C1. The number of pyridine rings is 1. The predicted octanol–water partition coefficient (Wildman–Crippen LogP) is 4.44. The Morgan fingerprint density at radius 2 is 1.82 bits per heavy atom. The number of halogens is 2. The van der Waals surface area contributed by atoms with Crippen LogP contribution in [0.4, 0.5) is 26.0 Å². The molecule has 44 heavy (non-hydrogen) atoms. The van der Waals surface area contributed by atoms with Crippen LogP contribution in [0.25, 0.3) is 28.0 Å². The van der Waals surface area contributed by atoms with Crippen molar-refractivity contribution in [3.63, 3.8) is 0 Å². The number of carbonyl (C=O) groups excluding carboxylic acids is 2. The van der Waals surface area contributed by atoms with Crippen molar-refractivity contribution in [3.8, 4) is 16.9 Å². The minimum Gasteiger partial charge on any atom is -0.374 e. The van der Waals surface area contributed by atoms with Crippen LogP contribution in [0, 0.1) is 11.6 Å². The maximum atomic E-state index is 16.1. The van der Waals surface area contributed by atoms with Crippen molar-refractivity contribution < 1.29 is 18.4 Å². The number of fused-ring (bicyclic) bond motifs is 5. The third kappa shape index (κ3) is 4.85. The summed E-state index contributed by atoms with van der Waals surface area (Å²) in [5.41, 5.74) is 0.489. The molecule has 2 bridgehead atoms. The van der Waals surface area contributed by atoms with E-state index in [1.807, 2.05) is 37.8 Å². The van der Waals surface area contributed by atoms with Crippen LogP contribution in [0.15, 0.2) is 59.9 Å². The van der Waals surface area contributed by atoms with Crippen LogP contribution in [0.1, 0.15) is 32.3 Å². The monoisotopic (exact) mass is 599 g/mol. The number of anilines is 3. The zero-order valence-electron chi connectivity index (χ0n) is 24.5. The highest BCUT2D eigenvalue weighted by atomic mass is 19.1. The van der Waals surface area contributed by atoms with Crippen LogP contribution in [-0.4, -0.2) is 63.5 Å². The first kappa shape index (κ1) is 29.0. The number of benzene rings is 2. The van der Waals surface area contributed by atoms with Gasteiger partial charge in [0.2, 0.25) is 11.8 Å². The Morgan fingerprint density at radius 1 is 1.07 bits per heavy atom. The fraction of sp³-hybridized carbons (Fsp3) is 0.281. The van der Waals surface area contributed by atoms with Crippen molar-refractivity contribution in [2.45, 2.75) is 32.7 Å². The summed E-state index contributed by atoms with van der Waals surface area (Å²) in [6.07, 6.45) is 1.25. The second kappa shape index (κ2) is 11.2. The van der Waals surface area contributed by atoms with Crippen molar-refractivity contribution in [3.05, 3.63) is 82.8 Å². The van der Waals surface area contributed by atoms with Crippen molar-refractivity contribution >= 4 is 40.0 Å². The van der Waals surface area contributed by atoms with Crippen molar-refractivity contribution in [1.29, 1.82) is 0 Å². The summed E-state index contributed by atoms with van der Waals surface area (Å²) >= 11 is 0. The summed E-state index contributed by atoms with van der Waals surface area (Å²) in [5.74, 6) is -2.20. The summed E-state index contributed by atoms with van der Waals surface area (Å²) in [6.45, 7) is 10.2. The number of para-hydroxylation sites is 1. The standard InChI is InChI=1S/C32H31F2N7O3/c1-5-26(43)39-12-13-40(18(4)16-39)30-20-14-22(34)28-27-21(33)9-7-10-23(27)36-25(42)15-35-24-11-6-8-19(17(2)3)29(24)41(31(20)37-28)32(44)38-30/h5-11,14,17-18,35H,1,12-13,15-16H2,2-4H3,(H,36,42)/t18-/m0/s1. The molecule has 0 saturated carbocycles. The average molecular weight is 600 g/mol. The first-order valence-corrected chi connectivity index (χ1v) is 14.4. The van der Waals surface area contributed by atoms with Crippen LogP contribution in [0.3, 0.4) is 0 Å². The zero-order chi connectivity index (χ0) is 31.3. The molecule has 6 rings (SSSR count). The molecule has 2 aromatic carbocycles. The van der Waals surface area contributed by atoms with Crippen LogP contribution >= 0.6 is 0 Å². The molecular weight excluding hydrogens is 568 g/mol. The lowest BCUT2D eigenvalue weighted by Gasteiger charge is -2.40. The molecule has 0 radical (unpaired) electrons. The summed E-state index contributed by atoms with van der Waals surface area (Å²) in [6, 6.07) is 10.4. The van der Waals surface area contributed by atoms with Crippen LogP contribution < -0.4 is 21.2 Å². The van der Waals surface area contributed by atoms with Gasteiger partial charge in [-0.15, -0.1) is 0 Å². The zero-order valence-corrected chi connectivity index (χ0v) is 24.5. The van der Waals surface area contributed by atoms with E-state index in [4.69, 9.17) is 0 Å². The molecule has 0 aliphatic carbocycles. The fourth-order valence-electron chi connectivity index (χ4n) is 5.96. The number of amides is 2. The first-order chi connectivity index (χ1) is 21.1. The smallest absolute Gasteiger partial charge is 0.355 e. The average Bonchev–Trinajstić information content (AvgIpc) is 2.99. The number of nitrogens with zero attached hydrogens (tertiary/aromatic N) is 5. The normalized spacial score (nSPS) is 16.5. The van der Waals surface area contributed by atoms with Gasteiger partial charge < -0.3 is 20.4 Å². The van der Waals surface area contributed by atoms with Gasteiger partial charge in [-0.2, -0.15) is 4.98 Å². The fourth-order valence-corrected chi connectivity index (χ4v) is 5.96. The third-order valence-electron chi connectivity index (χ3n) is 8.06. The van der Waals surface area contributed by atoms with E-state index in [1.165, 1.54) is 28.8 Å². The maximum Gasteiger partial charge on any atom is 0.355 e. The molecule has 2 aliphatic rings. The molecule has 226 valence electrons. The maximum absolute atomic E-state index is 16.1. The van der Waals surface area contributed by atoms with Gasteiger partial charge in [0.05, 0.1) is 34.6 Å². The second-order valence-electron chi connectivity index (χ2n) is 11.2. The van der Waals surface area contributed by atoms with E-state index in [0.717, 1.165) is 11.6 Å². The Balaban J connectivity index is 1.70. The third-order valence-corrected chi connectivity index (χ3v) is 8.06. The van der Waals surface area contributed by atoms with E-state index in [2.05, 4.69) is 27.2 Å². The molecule has 10 nitrogen and oxygen atoms in total. The van der Waals surface area contributed by atoms with Gasteiger partial charge in [-0.25, -0.2) is 23.1 Å². The molecule has 1 fully saturated rings. The first-order valence-electron chi connectivity index (χ1n) is 14.4. The van der Waals surface area contributed by atoms with Gasteiger partial charge in [-0.3, -0.25) is 9.59 Å².